The molecule has 2 aromatic heterocycles. The van der Waals surface area contributed by atoms with Crippen molar-refractivity contribution in [1.82, 2.24) is 15.0 Å². The van der Waals surface area contributed by atoms with E-state index in [2.05, 4.69) is 62.7 Å². The van der Waals surface area contributed by atoms with Crippen molar-refractivity contribution >= 4 is 47.8 Å². The lowest BCUT2D eigenvalue weighted by atomic mass is 10.3. The summed E-state index contributed by atoms with van der Waals surface area (Å²) in [5, 5.41) is 0. The molecule has 2 aromatic rings. The summed E-state index contributed by atoms with van der Waals surface area (Å²) >= 11 is 9.87. The summed E-state index contributed by atoms with van der Waals surface area (Å²) in [7, 11) is 0. The van der Waals surface area contributed by atoms with Crippen LogP contribution in [-0.4, -0.2) is 15.0 Å². The number of rotatable bonds is 1. The van der Waals surface area contributed by atoms with Crippen LogP contribution in [-0.2, 0) is 0 Å². The average molecular weight is 424 g/mol. The van der Waals surface area contributed by atoms with Gasteiger partial charge in [0.1, 0.15) is 10.2 Å². The molecule has 2 rings (SSSR count). The fourth-order valence-corrected chi connectivity index (χ4v) is 2.64. The SMILES string of the molecule is Cc1nc(-c2ncc(Br)cc2Br)[nH]c(=O)c1Br. The number of H-pyrrole nitrogens is 1. The van der Waals surface area contributed by atoms with Crippen molar-refractivity contribution in [3.63, 3.8) is 0 Å². The zero-order chi connectivity index (χ0) is 12.6. The number of pyridine rings is 1. The van der Waals surface area contributed by atoms with Gasteiger partial charge in [-0.15, -0.1) is 0 Å². The van der Waals surface area contributed by atoms with Crippen LogP contribution in [0.3, 0.4) is 0 Å². The highest BCUT2D eigenvalue weighted by Gasteiger charge is 2.11. The third kappa shape index (κ3) is 2.66. The van der Waals surface area contributed by atoms with Crippen LogP contribution in [0.4, 0.5) is 0 Å². The number of aryl methyl sites for hydroxylation is 1. The van der Waals surface area contributed by atoms with E-state index in [-0.39, 0.29) is 5.56 Å². The molecular weight excluding hydrogens is 418 g/mol. The van der Waals surface area contributed by atoms with Crippen LogP contribution in [0.5, 0.6) is 0 Å². The Morgan fingerprint density at radius 2 is 2.00 bits per heavy atom. The highest BCUT2D eigenvalue weighted by Crippen LogP contribution is 2.26. The van der Waals surface area contributed by atoms with Gasteiger partial charge in [0.15, 0.2) is 5.82 Å². The molecule has 0 saturated heterocycles. The molecule has 0 amide bonds. The summed E-state index contributed by atoms with van der Waals surface area (Å²) in [5.74, 6) is 0.440. The van der Waals surface area contributed by atoms with Crippen LogP contribution >= 0.6 is 47.8 Å². The Balaban J connectivity index is 2.65. The molecule has 0 atom stereocenters. The van der Waals surface area contributed by atoms with Gasteiger partial charge in [0.25, 0.3) is 5.56 Å². The molecule has 0 spiro atoms. The van der Waals surface area contributed by atoms with Crippen molar-refractivity contribution in [2.24, 2.45) is 0 Å². The number of hydrogen-bond donors (Lipinski definition) is 1. The minimum Gasteiger partial charge on any atom is -0.304 e. The van der Waals surface area contributed by atoms with E-state index in [0.29, 0.717) is 21.7 Å². The van der Waals surface area contributed by atoms with E-state index in [9.17, 15) is 4.79 Å². The lowest BCUT2D eigenvalue weighted by Crippen LogP contribution is -2.12. The van der Waals surface area contributed by atoms with Gasteiger partial charge in [0.05, 0.1) is 5.69 Å². The summed E-state index contributed by atoms with van der Waals surface area (Å²) in [5.41, 5.74) is 1.00. The smallest absolute Gasteiger partial charge is 0.265 e. The molecule has 0 aliphatic heterocycles. The largest absolute Gasteiger partial charge is 0.304 e. The monoisotopic (exact) mass is 421 g/mol. The Bertz CT molecular complexity index is 639. The lowest BCUT2D eigenvalue weighted by molar-refractivity contribution is 1.03. The van der Waals surface area contributed by atoms with E-state index in [1.165, 1.54) is 0 Å². The lowest BCUT2D eigenvalue weighted by Gasteiger charge is -2.05. The van der Waals surface area contributed by atoms with Crippen molar-refractivity contribution in [3.05, 3.63) is 41.7 Å². The van der Waals surface area contributed by atoms with E-state index in [0.717, 1.165) is 8.95 Å². The van der Waals surface area contributed by atoms with Crippen LogP contribution < -0.4 is 5.56 Å². The normalized spacial score (nSPS) is 10.6. The number of halogens is 3. The van der Waals surface area contributed by atoms with Gasteiger partial charge in [0, 0.05) is 15.1 Å². The van der Waals surface area contributed by atoms with Crippen LogP contribution in [0.2, 0.25) is 0 Å². The predicted molar refractivity (Wildman–Crippen MR) is 75.9 cm³/mol. The second-order valence-corrected chi connectivity index (χ2v) is 5.86. The molecule has 1 N–H and O–H groups in total. The van der Waals surface area contributed by atoms with Gasteiger partial charge >= 0.3 is 0 Å². The number of hydrogen-bond acceptors (Lipinski definition) is 3. The molecule has 17 heavy (non-hydrogen) atoms. The van der Waals surface area contributed by atoms with Gasteiger partial charge in [-0.25, -0.2) is 4.98 Å². The van der Waals surface area contributed by atoms with Crippen molar-refractivity contribution < 1.29 is 0 Å². The van der Waals surface area contributed by atoms with Crippen molar-refractivity contribution in [2.45, 2.75) is 6.92 Å². The quantitative estimate of drug-likeness (QED) is 0.764. The Morgan fingerprint density at radius 3 is 2.59 bits per heavy atom. The van der Waals surface area contributed by atoms with Crippen LogP contribution in [0, 0.1) is 6.92 Å². The van der Waals surface area contributed by atoms with Crippen molar-refractivity contribution in [2.75, 3.05) is 0 Å². The Labute approximate surface area is 122 Å². The highest BCUT2D eigenvalue weighted by molar-refractivity contribution is 9.11. The predicted octanol–water partition coefficient (Wildman–Crippen LogP) is 3.43. The molecule has 7 heteroatoms. The van der Waals surface area contributed by atoms with E-state index in [1.807, 2.05) is 6.07 Å². The molecular formula is C10H6Br3N3O. The van der Waals surface area contributed by atoms with Gasteiger partial charge in [-0.1, -0.05) is 0 Å². The summed E-state index contributed by atoms with van der Waals surface area (Å²) in [6.07, 6.45) is 1.65. The maximum Gasteiger partial charge on any atom is 0.265 e. The standard InChI is InChI=1S/C10H6Br3N3O/c1-4-7(13)10(17)16-9(15-4)8-6(12)2-5(11)3-14-8/h2-3H,1H3,(H,15,16,17). The molecule has 88 valence electrons. The maximum atomic E-state index is 11.6. The molecule has 0 aliphatic rings. The Hall–Kier alpha value is -0.530. The first-order valence-electron chi connectivity index (χ1n) is 4.57. The zero-order valence-corrected chi connectivity index (χ0v) is 13.3. The number of aromatic amines is 1. The van der Waals surface area contributed by atoms with Gasteiger partial charge < -0.3 is 4.98 Å². The van der Waals surface area contributed by atoms with Crippen LogP contribution in [0.25, 0.3) is 11.5 Å². The third-order valence-electron chi connectivity index (χ3n) is 2.06. The molecule has 0 saturated carbocycles. The van der Waals surface area contributed by atoms with Crippen molar-refractivity contribution in [3.8, 4) is 11.5 Å². The molecule has 0 bridgehead atoms. The second kappa shape index (κ2) is 4.99. The van der Waals surface area contributed by atoms with E-state index in [4.69, 9.17) is 0 Å². The summed E-state index contributed by atoms with van der Waals surface area (Å²) < 4.78 is 2.05. The Kier molecular flexibility index (Phi) is 3.79. The van der Waals surface area contributed by atoms with E-state index < -0.39 is 0 Å². The Morgan fingerprint density at radius 1 is 1.29 bits per heavy atom. The first-order valence-corrected chi connectivity index (χ1v) is 6.95. The first kappa shape index (κ1) is 12.9. The molecule has 0 unspecified atom stereocenters. The number of nitrogens with zero attached hydrogens (tertiary/aromatic N) is 2. The van der Waals surface area contributed by atoms with Gasteiger partial charge in [-0.3, -0.25) is 9.78 Å². The minimum atomic E-state index is -0.218. The molecule has 0 aromatic carbocycles. The third-order valence-corrected chi connectivity index (χ3v) is 4.03. The van der Waals surface area contributed by atoms with Crippen LogP contribution in [0.1, 0.15) is 5.69 Å². The van der Waals surface area contributed by atoms with E-state index >= 15 is 0 Å². The zero-order valence-electron chi connectivity index (χ0n) is 8.59. The van der Waals surface area contributed by atoms with E-state index in [1.54, 1.807) is 13.1 Å². The minimum absolute atomic E-state index is 0.218. The van der Waals surface area contributed by atoms with Crippen molar-refractivity contribution in [1.29, 1.82) is 0 Å². The molecule has 0 radical (unpaired) electrons. The van der Waals surface area contributed by atoms with Gasteiger partial charge in [-0.05, 0) is 60.8 Å². The summed E-state index contributed by atoms with van der Waals surface area (Å²) in [6, 6.07) is 1.85. The fraction of sp³-hybridized carbons (Fsp3) is 0.100. The topological polar surface area (TPSA) is 58.6 Å². The molecule has 4 nitrogen and oxygen atoms in total. The average Bonchev–Trinajstić information content (AvgIpc) is 2.25. The summed E-state index contributed by atoms with van der Waals surface area (Å²) in [4.78, 5) is 22.8. The molecule has 0 aliphatic carbocycles. The number of nitrogens with one attached hydrogen (secondary N) is 1. The summed E-state index contributed by atoms with van der Waals surface area (Å²) in [6.45, 7) is 1.76. The first-order chi connectivity index (χ1) is 7.99. The second-order valence-electron chi connectivity index (χ2n) is 3.30. The highest BCUT2D eigenvalue weighted by atomic mass is 79.9. The van der Waals surface area contributed by atoms with Gasteiger partial charge in [-0.2, -0.15) is 0 Å². The number of aromatic nitrogens is 3. The maximum absolute atomic E-state index is 11.6. The molecule has 2 heterocycles. The molecule has 0 fully saturated rings. The van der Waals surface area contributed by atoms with Crippen LogP contribution in [0.15, 0.2) is 30.5 Å². The fourth-order valence-electron chi connectivity index (χ4n) is 1.27. The van der Waals surface area contributed by atoms with Gasteiger partial charge in [0.2, 0.25) is 0 Å².